The van der Waals surface area contributed by atoms with Crippen LogP contribution < -0.4 is 10.2 Å². The number of nitrogens with zero attached hydrogens (tertiary/aromatic N) is 3. The molecule has 92 valence electrons. The van der Waals surface area contributed by atoms with Gasteiger partial charge in [-0.3, -0.25) is 0 Å². The molecule has 0 spiro atoms. The van der Waals surface area contributed by atoms with Crippen molar-refractivity contribution in [2.24, 2.45) is 0 Å². The molecule has 1 N–H and O–H groups in total. The summed E-state index contributed by atoms with van der Waals surface area (Å²) in [7, 11) is 5.97. The lowest BCUT2D eigenvalue weighted by molar-refractivity contribution is 0.564. The smallest absolute Gasteiger partial charge is 0.208 e. The highest BCUT2D eigenvalue weighted by Gasteiger charge is 2.12. The van der Waals surface area contributed by atoms with E-state index in [1.807, 2.05) is 26.0 Å². The quantitative estimate of drug-likeness (QED) is 0.793. The van der Waals surface area contributed by atoms with Gasteiger partial charge in [0.15, 0.2) is 4.34 Å². The summed E-state index contributed by atoms with van der Waals surface area (Å²) in [6.07, 6.45) is 1.14. The van der Waals surface area contributed by atoms with Gasteiger partial charge in [-0.2, -0.15) is 0 Å². The first-order chi connectivity index (χ1) is 7.52. The predicted molar refractivity (Wildman–Crippen MR) is 72.7 cm³/mol. The molecule has 1 heterocycles. The highest BCUT2D eigenvalue weighted by molar-refractivity contribution is 8.01. The molecule has 1 rings (SSSR count). The highest BCUT2D eigenvalue weighted by atomic mass is 32.2. The summed E-state index contributed by atoms with van der Waals surface area (Å²) >= 11 is 3.45. The summed E-state index contributed by atoms with van der Waals surface area (Å²) in [5, 5.41) is 13.1. The summed E-state index contributed by atoms with van der Waals surface area (Å²) in [4.78, 5) is 1.99. The van der Waals surface area contributed by atoms with Gasteiger partial charge in [0.1, 0.15) is 0 Å². The molecular formula is C10H20N4S2. The molecule has 1 aromatic heterocycles. The van der Waals surface area contributed by atoms with Gasteiger partial charge < -0.3 is 10.2 Å². The minimum absolute atomic E-state index is 0.545. The lowest BCUT2D eigenvalue weighted by atomic mass is 10.2. The van der Waals surface area contributed by atoms with Crippen molar-refractivity contribution >= 4 is 28.2 Å². The molecule has 0 aromatic carbocycles. The van der Waals surface area contributed by atoms with E-state index in [1.54, 1.807) is 23.1 Å². The van der Waals surface area contributed by atoms with Gasteiger partial charge in [-0.25, -0.2) is 0 Å². The van der Waals surface area contributed by atoms with Crippen molar-refractivity contribution in [1.29, 1.82) is 0 Å². The van der Waals surface area contributed by atoms with E-state index in [0.29, 0.717) is 11.3 Å². The maximum Gasteiger partial charge on any atom is 0.208 e. The Bertz CT molecular complexity index is 314. The van der Waals surface area contributed by atoms with Crippen LogP contribution >= 0.6 is 23.1 Å². The molecule has 0 fully saturated rings. The minimum atomic E-state index is 0.545. The zero-order valence-corrected chi connectivity index (χ0v) is 12.2. The normalized spacial score (nSPS) is 14.8. The summed E-state index contributed by atoms with van der Waals surface area (Å²) in [6.45, 7) is 4.43. The third-order valence-electron chi connectivity index (χ3n) is 2.26. The molecule has 16 heavy (non-hydrogen) atoms. The monoisotopic (exact) mass is 260 g/mol. The Balaban J connectivity index is 2.46. The molecular weight excluding hydrogens is 240 g/mol. The molecule has 0 radical (unpaired) electrons. The third-order valence-corrected chi connectivity index (χ3v) is 4.56. The largest absolute Gasteiger partial charge is 0.353 e. The van der Waals surface area contributed by atoms with E-state index in [1.165, 1.54) is 0 Å². The lowest BCUT2D eigenvalue weighted by Crippen LogP contribution is -2.24. The van der Waals surface area contributed by atoms with Crippen LogP contribution in [0, 0.1) is 0 Å². The van der Waals surface area contributed by atoms with Gasteiger partial charge in [-0.05, 0) is 20.4 Å². The molecule has 0 aliphatic carbocycles. The van der Waals surface area contributed by atoms with E-state index in [4.69, 9.17) is 0 Å². The molecule has 0 aliphatic rings. The number of anilines is 1. The number of nitrogens with one attached hydrogen (secondary N) is 1. The topological polar surface area (TPSA) is 41.1 Å². The fraction of sp³-hybridized carbons (Fsp3) is 0.800. The molecule has 2 unspecified atom stereocenters. The van der Waals surface area contributed by atoms with Crippen LogP contribution in [0.15, 0.2) is 4.34 Å². The average Bonchev–Trinajstić information content (AvgIpc) is 2.65. The molecule has 0 amide bonds. The second-order valence-electron chi connectivity index (χ2n) is 4.10. The van der Waals surface area contributed by atoms with Crippen molar-refractivity contribution in [3.8, 4) is 0 Å². The van der Waals surface area contributed by atoms with Gasteiger partial charge in [-0.15, -0.1) is 10.2 Å². The maximum absolute atomic E-state index is 4.18. The molecule has 2 atom stereocenters. The summed E-state index contributed by atoms with van der Waals surface area (Å²) in [5.41, 5.74) is 0. The summed E-state index contributed by atoms with van der Waals surface area (Å²) in [6, 6.07) is 0.545. The van der Waals surface area contributed by atoms with Gasteiger partial charge in [0.2, 0.25) is 5.13 Å². The van der Waals surface area contributed by atoms with E-state index >= 15 is 0 Å². The van der Waals surface area contributed by atoms with Gasteiger partial charge in [0.25, 0.3) is 0 Å². The van der Waals surface area contributed by atoms with E-state index in [2.05, 4.69) is 29.4 Å². The second kappa shape index (κ2) is 6.42. The Labute approximate surface area is 106 Å². The molecule has 4 nitrogen and oxygen atoms in total. The Morgan fingerprint density at radius 2 is 2.06 bits per heavy atom. The van der Waals surface area contributed by atoms with E-state index < -0.39 is 0 Å². The number of hydrogen-bond acceptors (Lipinski definition) is 6. The number of hydrogen-bond donors (Lipinski definition) is 1. The molecule has 1 aromatic rings. The van der Waals surface area contributed by atoms with Crippen LogP contribution in [-0.4, -0.2) is 42.6 Å². The Morgan fingerprint density at radius 3 is 2.56 bits per heavy atom. The molecule has 0 aliphatic heterocycles. The van der Waals surface area contributed by atoms with Crippen LogP contribution in [0.4, 0.5) is 5.13 Å². The maximum atomic E-state index is 4.18. The first kappa shape index (κ1) is 13.7. The SMILES string of the molecule is CNC(C)CC(C)Sc1nnc(N(C)C)s1. The van der Waals surface area contributed by atoms with Crippen LogP contribution in [0.1, 0.15) is 20.3 Å². The zero-order chi connectivity index (χ0) is 12.1. The number of thioether (sulfide) groups is 1. The van der Waals surface area contributed by atoms with Crippen LogP contribution in [-0.2, 0) is 0 Å². The van der Waals surface area contributed by atoms with Crippen LogP contribution in [0.5, 0.6) is 0 Å². The van der Waals surface area contributed by atoms with E-state index in [0.717, 1.165) is 15.9 Å². The van der Waals surface area contributed by atoms with E-state index in [-0.39, 0.29) is 0 Å². The summed E-state index contributed by atoms with van der Waals surface area (Å²) in [5.74, 6) is 0. The van der Waals surface area contributed by atoms with Crippen LogP contribution in [0.3, 0.4) is 0 Å². The van der Waals surface area contributed by atoms with Crippen LogP contribution in [0.2, 0.25) is 0 Å². The van der Waals surface area contributed by atoms with Crippen molar-refractivity contribution in [3.63, 3.8) is 0 Å². The number of rotatable bonds is 6. The molecule has 0 saturated heterocycles. The summed E-state index contributed by atoms with van der Waals surface area (Å²) < 4.78 is 1.06. The van der Waals surface area contributed by atoms with Gasteiger partial charge in [-0.1, -0.05) is 30.0 Å². The van der Waals surface area contributed by atoms with Gasteiger partial charge in [0.05, 0.1) is 0 Å². The number of aromatic nitrogens is 2. The highest BCUT2D eigenvalue weighted by Crippen LogP contribution is 2.31. The Kier molecular flexibility index (Phi) is 5.51. The lowest BCUT2D eigenvalue weighted by Gasteiger charge is -2.14. The van der Waals surface area contributed by atoms with Crippen molar-refractivity contribution in [2.45, 2.75) is 35.9 Å². The minimum Gasteiger partial charge on any atom is -0.353 e. The first-order valence-electron chi connectivity index (χ1n) is 5.37. The fourth-order valence-corrected chi connectivity index (χ4v) is 3.49. The van der Waals surface area contributed by atoms with Gasteiger partial charge in [0, 0.05) is 25.4 Å². The average molecular weight is 260 g/mol. The first-order valence-corrected chi connectivity index (χ1v) is 7.07. The second-order valence-corrected chi connectivity index (χ2v) is 6.74. The standard InChI is InChI=1S/C10H20N4S2/c1-7(11-3)6-8(2)15-10-13-12-9(16-10)14(4)5/h7-8,11H,6H2,1-5H3. The Hall–Kier alpha value is -0.330. The third kappa shape index (κ3) is 4.27. The van der Waals surface area contributed by atoms with Gasteiger partial charge >= 0.3 is 0 Å². The van der Waals surface area contributed by atoms with Crippen molar-refractivity contribution in [2.75, 3.05) is 26.0 Å². The van der Waals surface area contributed by atoms with Crippen molar-refractivity contribution in [1.82, 2.24) is 15.5 Å². The zero-order valence-electron chi connectivity index (χ0n) is 10.5. The molecule has 0 saturated carbocycles. The molecule has 0 bridgehead atoms. The molecule has 6 heteroatoms. The Morgan fingerprint density at radius 1 is 1.38 bits per heavy atom. The van der Waals surface area contributed by atoms with Crippen LogP contribution in [0.25, 0.3) is 0 Å². The van der Waals surface area contributed by atoms with E-state index in [9.17, 15) is 0 Å². The predicted octanol–water partition coefficient (Wildman–Crippen LogP) is 2.08. The fourth-order valence-electron chi connectivity index (χ4n) is 1.27. The van der Waals surface area contributed by atoms with Crippen molar-refractivity contribution < 1.29 is 0 Å². The van der Waals surface area contributed by atoms with Crippen molar-refractivity contribution in [3.05, 3.63) is 0 Å².